The molecular weight excluding hydrogens is 172 g/mol. The number of hydrogen-bond acceptors (Lipinski definition) is 2. The van der Waals surface area contributed by atoms with Crippen molar-refractivity contribution < 1.29 is 0 Å². The summed E-state index contributed by atoms with van der Waals surface area (Å²) in [6, 6.07) is 11.0. The molecule has 0 saturated heterocycles. The van der Waals surface area contributed by atoms with Crippen LogP contribution >= 0.6 is 0 Å². The molecular formula is C12H20N2. The monoisotopic (exact) mass is 192 g/mol. The second-order valence-corrected chi connectivity index (χ2v) is 3.54. The van der Waals surface area contributed by atoms with Gasteiger partial charge in [-0.2, -0.15) is 0 Å². The maximum Gasteiger partial charge on any atom is 0.0317 e. The lowest BCUT2D eigenvalue weighted by atomic mass is 10.0. The highest BCUT2D eigenvalue weighted by Gasteiger charge is 2.06. The van der Waals surface area contributed by atoms with Crippen LogP contribution in [0.25, 0.3) is 0 Å². The Morgan fingerprint density at radius 3 is 2.50 bits per heavy atom. The first-order chi connectivity index (χ1) is 6.88. The zero-order chi connectivity index (χ0) is 10.2. The van der Waals surface area contributed by atoms with Crippen LogP contribution in [-0.4, -0.2) is 13.6 Å². The third-order valence-electron chi connectivity index (χ3n) is 2.50. The third-order valence-corrected chi connectivity index (χ3v) is 2.50. The maximum absolute atomic E-state index is 5.47. The Hall–Kier alpha value is -0.860. The van der Waals surface area contributed by atoms with E-state index in [9.17, 15) is 0 Å². The number of hydrogen-bond donors (Lipinski definition) is 2. The Balaban J connectivity index is 2.46. The summed E-state index contributed by atoms with van der Waals surface area (Å²) in [5.74, 6) is 0. The molecule has 3 N–H and O–H groups in total. The van der Waals surface area contributed by atoms with Gasteiger partial charge in [0.25, 0.3) is 0 Å². The lowest BCUT2D eigenvalue weighted by Gasteiger charge is -2.16. The summed E-state index contributed by atoms with van der Waals surface area (Å²) in [6.45, 7) is 0.797. The van der Waals surface area contributed by atoms with Crippen LogP contribution in [0.5, 0.6) is 0 Å². The molecule has 1 atom stereocenters. The minimum atomic E-state index is 0.475. The van der Waals surface area contributed by atoms with Crippen LogP contribution in [-0.2, 0) is 0 Å². The SMILES string of the molecule is CNC(CCCCN)c1ccccc1. The first-order valence-corrected chi connectivity index (χ1v) is 5.30. The van der Waals surface area contributed by atoms with Crippen LogP contribution in [0, 0.1) is 0 Å². The summed E-state index contributed by atoms with van der Waals surface area (Å²) in [5.41, 5.74) is 6.84. The number of benzene rings is 1. The Morgan fingerprint density at radius 2 is 1.93 bits per heavy atom. The molecule has 0 bridgehead atoms. The van der Waals surface area contributed by atoms with Gasteiger partial charge in [0.1, 0.15) is 0 Å². The minimum Gasteiger partial charge on any atom is -0.330 e. The predicted octanol–water partition coefficient (Wildman–Crippen LogP) is 2.08. The highest BCUT2D eigenvalue weighted by atomic mass is 14.9. The van der Waals surface area contributed by atoms with E-state index in [-0.39, 0.29) is 0 Å². The van der Waals surface area contributed by atoms with E-state index in [0.29, 0.717) is 6.04 Å². The molecule has 0 fully saturated rings. The summed E-state index contributed by atoms with van der Waals surface area (Å²) in [5, 5.41) is 3.34. The van der Waals surface area contributed by atoms with E-state index in [0.717, 1.165) is 19.4 Å². The Kier molecular flexibility index (Phi) is 5.27. The molecule has 0 aliphatic carbocycles. The van der Waals surface area contributed by atoms with E-state index < -0.39 is 0 Å². The van der Waals surface area contributed by atoms with Gasteiger partial charge in [0.15, 0.2) is 0 Å². The zero-order valence-corrected chi connectivity index (χ0v) is 8.87. The first-order valence-electron chi connectivity index (χ1n) is 5.30. The van der Waals surface area contributed by atoms with Crippen LogP contribution in [0.2, 0.25) is 0 Å². The van der Waals surface area contributed by atoms with E-state index in [1.165, 1.54) is 12.0 Å². The summed E-state index contributed by atoms with van der Waals surface area (Å²) in [4.78, 5) is 0. The molecule has 0 spiro atoms. The lowest BCUT2D eigenvalue weighted by Crippen LogP contribution is -2.16. The molecule has 1 rings (SSSR count). The fourth-order valence-electron chi connectivity index (χ4n) is 1.66. The van der Waals surface area contributed by atoms with E-state index in [1.54, 1.807) is 0 Å². The van der Waals surface area contributed by atoms with E-state index in [1.807, 2.05) is 7.05 Å². The van der Waals surface area contributed by atoms with Crippen LogP contribution in [0.15, 0.2) is 30.3 Å². The van der Waals surface area contributed by atoms with Crippen molar-refractivity contribution in [3.63, 3.8) is 0 Å². The molecule has 0 amide bonds. The molecule has 78 valence electrons. The van der Waals surface area contributed by atoms with Crippen molar-refractivity contribution in [1.82, 2.24) is 5.32 Å². The molecule has 0 radical (unpaired) electrons. The molecule has 2 heteroatoms. The molecule has 1 aromatic carbocycles. The summed E-state index contributed by atoms with van der Waals surface area (Å²) in [7, 11) is 2.01. The largest absolute Gasteiger partial charge is 0.330 e. The Bertz CT molecular complexity index is 233. The molecule has 1 aromatic rings. The molecule has 0 aliphatic heterocycles. The fraction of sp³-hybridized carbons (Fsp3) is 0.500. The van der Waals surface area contributed by atoms with E-state index >= 15 is 0 Å². The van der Waals surface area contributed by atoms with Crippen molar-refractivity contribution in [2.45, 2.75) is 25.3 Å². The van der Waals surface area contributed by atoms with Crippen LogP contribution in [0.1, 0.15) is 30.9 Å². The van der Waals surface area contributed by atoms with Gasteiger partial charge < -0.3 is 11.1 Å². The number of nitrogens with one attached hydrogen (secondary N) is 1. The van der Waals surface area contributed by atoms with Gasteiger partial charge in [0, 0.05) is 6.04 Å². The molecule has 0 heterocycles. The fourth-order valence-corrected chi connectivity index (χ4v) is 1.66. The smallest absolute Gasteiger partial charge is 0.0317 e. The standard InChI is InChI=1S/C12H20N2/c1-14-12(9-5-6-10-13)11-7-3-2-4-8-11/h2-4,7-8,12,14H,5-6,9-10,13H2,1H3. The van der Waals surface area contributed by atoms with Gasteiger partial charge in [-0.25, -0.2) is 0 Å². The van der Waals surface area contributed by atoms with Crippen molar-refractivity contribution in [3.05, 3.63) is 35.9 Å². The molecule has 0 aliphatic rings. The average molecular weight is 192 g/mol. The van der Waals surface area contributed by atoms with E-state index in [2.05, 4.69) is 35.6 Å². The minimum absolute atomic E-state index is 0.475. The van der Waals surface area contributed by atoms with Crippen molar-refractivity contribution in [2.75, 3.05) is 13.6 Å². The maximum atomic E-state index is 5.47. The molecule has 14 heavy (non-hydrogen) atoms. The average Bonchev–Trinajstić information content (AvgIpc) is 2.26. The Morgan fingerprint density at radius 1 is 1.21 bits per heavy atom. The quantitative estimate of drug-likeness (QED) is 0.677. The van der Waals surface area contributed by atoms with Gasteiger partial charge in [-0.15, -0.1) is 0 Å². The molecule has 1 unspecified atom stereocenters. The van der Waals surface area contributed by atoms with Crippen molar-refractivity contribution in [1.29, 1.82) is 0 Å². The van der Waals surface area contributed by atoms with Crippen molar-refractivity contribution in [2.24, 2.45) is 5.73 Å². The molecule has 2 nitrogen and oxygen atoms in total. The lowest BCUT2D eigenvalue weighted by molar-refractivity contribution is 0.517. The van der Waals surface area contributed by atoms with Crippen LogP contribution < -0.4 is 11.1 Å². The molecule has 0 saturated carbocycles. The van der Waals surface area contributed by atoms with E-state index in [4.69, 9.17) is 5.73 Å². The second-order valence-electron chi connectivity index (χ2n) is 3.54. The molecule has 0 aromatic heterocycles. The highest BCUT2D eigenvalue weighted by Crippen LogP contribution is 2.17. The van der Waals surface area contributed by atoms with Gasteiger partial charge in [0.05, 0.1) is 0 Å². The topological polar surface area (TPSA) is 38.0 Å². The number of rotatable bonds is 6. The van der Waals surface area contributed by atoms with Crippen LogP contribution in [0.4, 0.5) is 0 Å². The summed E-state index contributed by atoms with van der Waals surface area (Å²) >= 11 is 0. The summed E-state index contributed by atoms with van der Waals surface area (Å²) in [6.07, 6.45) is 3.47. The third kappa shape index (κ3) is 3.48. The number of unbranched alkanes of at least 4 members (excludes halogenated alkanes) is 1. The van der Waals surface area contributed by atoms with Gasteiger partial charge in [-0.05, 0) is 32.0 Å². The zero-order valence-electron chi connectivity index (χ0n) is 8.87. The van der Waals surface area contributed by atoms with Crippen molar-refractivity contribution in [3.8, 4) is 0 Å². The van der Waals surface area contributed by atoms with Gasteiger partial charge in [-0.1, -0.05) is 36.8 Å². The highest BCUT2D eigenvalue weighted by molar-refractivity contribution is 5.18. The van der Waals surface area contributed by atoms with Crippen LogP contribution in [0.3, 0.4) is 0 Å². The van der Waals surface area contributed by atoms with Gasteiger partial charge in [0.2, 0.25) is 0 Å². The summed E-state index contributed by atoms with van der Waals surface area (Å²) < 4.78 is 0. The van der Waals surface area contributed by atoms with Crippen molar-refractivity contribution >= 4 is 0 Å². The Labute approximate surface area is 86.5 Å². The van der Waals surface area contributed by atoms with Gasteiger partial charge >= 0.3 is 0 Å². The number of nitrogens with two attached hydrogens (primary N) is 1. The normalized spacial score (nSPS) is 12.7. The predicted molar refractivity (Wildman–Crippen MR) is 61.1 cm³/mol. The van der Waals surface area contributed by atoms with Gasteiger partial charge in [-0.3, -0.25) is 0 Å². The first kappa shape index (κ1) is 11.2. The second kappa shape index (κ2) is 6.57.